The van der Waals surface area contributed by atoms with Crippen molar-refractivity contribution in [2.24, 2.45) is 5.41 Å². The van der Waals surface area contributed by atoms with Gasteiger partial charge in [-0.15, -0.1) is 0 Å². The molecule has 2 aromatic heterocycles. The van der Waals surface area contributed by atoms with Crippen LogP contribution in [0.3, 0.4) is 0 Å². The smallest absolute Gasteiger partial charge is 0.406 e. The molecule has 0 aliphatic heterocycles. The molecule has 0 radical (unpaired) electrons. The minimum atomic E-state index is -3.93. The van der Waals surface area contributed by atoms with Gasteiger partial charge in [0, 0.05) is 24.8 Å². The third-order valence-electron chi connectivity index (χ3n) is 5.02. The summed E-state index contributed by atoms with van der Waals surface area (Å²) in [7, 11) is -0.720. The fourth-order valence-corrected chi connectivity index (χ4v) is 5.12. The van der Waals surface area contributed by atoms with Crippen LogP contribution in [0, 0.1) is 5.41 Å². The minimum Gasteiger partial charge on any atom is -0.476 e. The lowest BCUT2D eigenvalue weighted by Crippen LogP contribution is -2.27. The van der Waals surface area contributed by atoms with E-state index in [0.29, 0.717) is 43.8 Å². The summed E-state index contributed by atoms with van der Waals surface area (Å²) in [6.07, 6.45) is 2.78. The van der Waals surface area contributed by atoms with Crippen molar-refractivity contribution in [2.45, 2.75) is 67.0 Å². The molecule has 43 heavy (non-hydrogen) atoms. The maximum absolute atomic E-state index is 13.3. The summed E-state index contributed by atoms with van der Waals surface area (Å²) in [5, 5.41) is 2.47. The van der Waals surface area contributed by atoms with Gasteiger partial charge in [-0.3, -0.25) is 23.0 Å². The van der Waals surface area contributed by atoms with Crippen molar-refractivity contribution in [3.63, 3.8) is 0 Å². The molecule has 2 aromatic rings. The highest BCUT2D eigenvalue weighted by atomic mass is 32.2. The molecular weight excluding hydrogens is 606 g/mol. The lowest BCUT2D eigenvalue weighted by molar-refractivity contribution is -0.139. The van der Waals surface area contributed by atoms with Gasteiger partial charge in [-0.25, -0.2) is 14.6 Å². The van der Waals surface area contributed by atoms with Gasteiger partial charge < -0.3 is 24.5 Å². The van der Waals surface area contributed by atoms with E-state index in [1.807, 2.05) is 27.7 Å². The number of hydrogen-bond acceptors (Lipinski definition) is 13. The number of nitrogens with two attached hydrogens (primary N) is 1. The van der Waals surface area contributed by atoms with Crippen LogP contribution in [0.4, 0.5) is 10.3 Å². The van der Waals surface area contributed by atoms with E-state index in [1.54, 1.807) is 10.9 Å². The molecule has 2 unspecified atom stereocenters. The SMILES string of the molecule is CCC.CCOc1nc(N)nc2c1ncn2CCC(COP(=O)(NCC(=O)OC)OCCSC(=O)C(C)(C)C)OC.CF. The second-order valence-electron chi connectivity index (χ2n) is 9.71. The lowest BCUT2D eigenvalue weighted by Gasteiger charge is -2.22. The fraction of sp³-hybridized carbons (Fsp3) is 0.731. The first-order valence-electron chi connectivity index (χ1n) is 13.7. The first kappa shape index (κ1) is 40.6. The Morgan fingerprint density at radius 3 is 2.37 bits per heavy atom. The number of thioether (sulfide) groups is 1. The van der Waals surface area contributed by atoms with E-state index < -0.39 is 25.2 Å². The van der Waals surface area contributed by atoms with Crippen LogP contribution in [-0.4, -0.2) is 90.2 Å². The number of hydrogen-bond donors (Lipinski definition) is 2. The molecule has 3 N–H and O–H groups in total. The Morgan fingerprint density at radius 2 is 1.81 bits per heavy atom. The number of methoxy groups -OCH3 is 2. The highest BCUT2D eigenvalue weighted by Crippen LogP contribution is 2.44. The first-order valence-corrected chi connectivity index (χ1v) is 16.3. The number of aromatic nitrogens is 4. The number of ether oxygens (including phenoxy) is 3. The molecule has 0 aliphatic carbocycles. The molecule has 0 aliphatic rings. The predicted octanol–water partition coefficient (Wildman–Crippen LogP) is 4.42. The molecule has 2 atom stereocenters. The average molecular weight is 655 g/mol. The number of nitrogen functional groups attached to an aromatic ring is 1. The molecular formula is C26H48FN6O8PS. The summed E-state index contributed by atoms with van der Waals surface area (Å²) < 4.78 is 51.2. The van der Waals surface area contributed by atoms with Crippen LogP contribution >= 0.6 is 19.5 Å². The van der Waals surface area contributed by atoms with Gasteiger partial charge in [0.05, 0.1) is 46.5 Å². The molecule has 0 amide bonds. The Balaban J connectivity index is 0.00000331. The summed E-state index contributed by atoms with van der Waals surface area (Å²) in [4.78, 5) is 36.4. The first-order chi connectivity index (χ1) is 20.3. The maximum Gasteiger partial charge on any atom is 0.406 e. The van der Waals surface area contributed by atoms with Crippen molar-refractivity contribution in [3.8, 4) is 5.88 Å². The Bertz CT molecular complexity index is 1150. The van der Waals surface area contributed by atoms with Crippen LogP contribution in [0.5, 0.6) is 5.88 Å². The van der Waals surface area contributed by atoms with Gasteiger partial charge in [-0.05, 0) is 13.3 Å². The number of aryl methyl sites for hydroxylation is 1. The number of fused-ring (bicyclic) bond motifs is 1. The van der Waals surface area contributed by atoms with Crippen LogP contribution in [0.25, 0.3) is 11.2 Å². The van der Waals surface area contributed by atoms with Gasteiger partial charge in [-0.1, -0.05) is 52.8 Å². The second kappa shape index (κ2) is 21.4. The summed E-state index contributed by atoms with van der Waals surface area (Å²) in [6.45, 7) is 11.8. The van der Waals surface area contributed by atoms with Gasteiger partial charge in [0.15, 0.2) is 16.3 Å². The zero-order chi connectivity index (χ0) is 33.1. The van der Waals surface area contributed by atoms with E-state index >= 15 is 0 Å². The summed E-state index contributed by atoms with van der Waals surface area (Å²) >= 11 is 1.07. The zero-order valence-corrected chi connectivity index (χ0v) is 28.4. The normalized spacial score (nSPS) is 13.2. The molecule has 0 bridgehead atoms. The third-order valence-corrected chi connectivity index (χ3v) is 7.82. The van der Waals surface area contributed by atoms with Crippen molar-refractivity contribution in [1.29, 1.82) is 0 Å². The van der Waals surface area contributed by atoms with Crippen LogP contribution in [0.2, 0.25) is 0 Å². The molecule has 0 saturated carbocycles. The van der Waals surface area contributed by atoms with Crippen molar-refractivity contribution in [3.05, 3.63) is 6.33 Å². The van der Waals surface area contributed by atoms with E-state index in [0.717, 1.165) is 11.8 Å². The number of rotatable bonds is 16. The standard InChI is InChI=1S/C22H37N6O8PS.C3H8.CH3F/c1-7-34-19-17-18(26-21(23)27-19)28(14-24-17)9-8-15(32-5)13-36-37(31,25-12-16(29)33-6)35-10-11-38-20(30)22(2,3)4;1-3-2;1-2/h14-15H,7-13H2,1-6H3,(H,25,31)(H2,23,26,27);3H2,1-2H3;1H3. The van der Waals surface area contributed by atoms with Crippen molar-refractivity contribution < 1.29 is 41.8 Å². The highest BCUT2D eigenvalue weighted by Gasteiger charge is 2.28. The maximum atomic E-state index is 13.3. The topological polar surface area (TPSA) is 179 Å². The van der Waals surface area contributed by atoms with E-state index in [1.165, 1.54) is 20.6 Å². The molecule has 2 heterocycles. The number of halogens is 1. The fourth-order valence-electron chi connectivity index (χ4n) is 2.94. The van der Waals surface area contributed by atoms with E-state index in [4.69, 9.17) is 24.3 Å². The average Bonchev–Trinajstić information content (AvgIpc) is 3.38. The molecule has 0 aromatic carbocycles. The summed E-state index contributed by atoms with van der Waals surface area (Å²) in [5.41, 5.74) is 6.30. The minimum absolute atomic E-state index is 0.0220. The number of anilines is 1. The Labute approximate surface area is 257 Å². The number of esters is 1. The number of nitrogens with one attached hydrogen (secondary N) is 1. The molecule has 17 heteroatoms. The number of carbonyl (C=O) groups excluding carboxylic acids is 2. The Kier molecular flexibility index (Phi) is 20.2. The third kappa shape index (κ3) is 15.3. The molecule has 0 saturated heterocycles. The predicted molar refractivity (Wildman–Crippen MR) is 166 cm³/mol. The van der Waals surface area contributed by atoms with E-state index in [9.17, 15) is 18.5 Å². The number of nitrogens with zero attached hydrogens (tertiary/aromatic N) is 4. The van der Waals surface area contributed by atoms with Crippen LogP contribution in [0.15, 0.2) is 6.33 Å². The van der Waals surface area contributed by atoms with Crippen LogP contribution in [0.1, 0.15) is 54.4 Å². The summed E-state index contributed by atoms with van der Waals surface area (Å²) in [5.74, 6) is -0.0129. The van der Waals surface area contributed by atoms with Crippen LogP contribution in [-0.2, 0) is 39.2 Å². The number of alkyl halides is 1. The molecule has 14 nitrogen and oxygen atoms in total. The molecule has 0 fully saturated rings. The zero-order valence-electron chi connectivity index (χ0n) is 26.7. The highest BCUT2D eigenvalue weighted by molar-refractivity contribution is 8.13. The van der Waals surface area contributed by atoms with Crippen molar-refractivity contribution >= 4 is 47.7 Å². The second-order valence-corrected chi connectivity index (χ2v) is 12.6. The van der Waals surface area contributed by atoms with Crippen LogP contribution < -0.4 is 15.6 Å². The van der Waals surface area contributed by atoms with Gasteiger partial charge in [-0.2, -0.15) is 9.97 Å². The van der Waals surface area contributed by atoms with Gasteiger partial charge >= 0.3 is 13.7 Å². The van der Waals surface area contributed by atoms with E-state index in [2.05, 4.69) is 38.6 Å². The Morgan fingerprint density at radius 1 is 1.16 bits per heavy atom. The van der Waals surface area contributed by atoms with Gasteiger partial charge in [0.1, 0.15) is 6.54 Å². The number of carbonyl (C=O) groups is 2. The molecule has 0 spiro atoms. The van der Waals surface area contributed by atoms with Gasteiger partial charge in [0.2, 0.25) is 11.8 Å². The molecule has 248 valence electrons. The number of imidazole rings is 1. The van der Waals surface area contributed by atoms with Crippen molar-refractivity contribution in [2.75, 3.05) is 59.2 Å². The van der Waals surface area contributed by atoms with Crippen molar-refractivity contribution in [1.82, 2.24) is 24.6 Å². The Hall–Kier alpha value is -2.36. The van der Waals surface area contributed by atoms with E-state index in [-0.39, 0.29) is 36.6 Å². The molecule has 2 rings (SSSR count). The monoisotopic (exact) mass is 654 g/mol. The quantitative estimate of drug-likeness (QED) is 0.147. The largest absolute Gasteiger partial charge is 0.476 e. The lowest BCUT2D eigenvalue weighted by atomic mass is 10.00. The van der Waals surface area contributed by atoms with Gasteiger partial charge in [0.25, 0.3) is 0 Å². The summed E-state index contributed by atoms with van der Waals surface area (Å²) in [6, 6.07) is 0.